The number of nitrogens with zero attached hydrogens (tertiary/aromatic N) is 3. The first kappa shape index (κ1) is 27.4. The molecule has 7 nitrogen and oxygen atoms in total. The second-order valence-electron chi connectivity index (χ2n) is 8.38. The third-order valence-corrected chi connectivity index (χ3v) is 4.23. The van der Waals surface area contributed by atoms with Crippen LogP contribution in [-0.2, 0) is 11.3 Å². The van der Waals surface area contributed by atoms with Crippen molar-refractivity contribution in [3.8, 4) is 0 Å². The lowest BCUT2D eigenvalue weighted by Crippen LogP contribution is -2.45. The highest BCUT2D eigenvalue weighted by molar-refractivity contribution is 14.0. The Morgan fingerprint density at radius 1 is 1.31 bits per heavy atom. The minimum absolute atomic E-state index is 0. The molecule has 0 saturated heterocycles. The Bertz CT molecular complexity index is 659. The molecule has 0 bridgehead atoms. The van der Waals surface area contributed by atoms with E-state index in [1.807, 2.05) is 52.9 Å². The average Bonchev–Trinajstić information content (AvgIpc) is 2.57. The third kappa shape index (κ3) is 11.3. The Morgan fingerprint density at radius 2 is 1.97 bits per heavy atom. The van der Waals surface area contributed by atoms with Gasteiger partial charge in [-0.25, -0.2) is 4.79 Å². The number of carbonyl (C=O) groups is 1. The molecule has 0 fully saturated rings. The largest absolute Gasteiger partial charge is 0.444 e. The maximum absolute atomic E-state index is 12.1. The van der Waals surface area contributed by atoms with Crippen molar-refractivity contribution in [2.75, 3.05) is 20.6 Å². The third-order valence-electron chi connectivity index (χ3n) is 4.23. The van der Waals surface area contributed by atoms with Crippen molar-refractivity contribution in [3.05, 3.63) is 29.6 Å². The SMILES string of the molecule is CN=C(NCc1cccc(C)n1)N(C)CCC(NC(=O)OC(C)(C)C)C(C)C.I. The van der Waals surface area contributed by atoms with Crippen molar-refractivity contribution in [3.63, 3.8) is 0 Å². The van der Waals surface area contributed by atoms with E-state index in [9.17, 15) is 4.79 Å². The van der Waals surface area contributed by atoms with Crippen molar-refractivity contribution in [1.82, 2.24) is 20.5 Å². The number of pyridine rings is 1. The van der Waals surface area contributed by atoms with Crippen LogP contribution in [0.2, 0.25) is 0 Å². The second kappa shape index (κ2) is 12.9. The highest BCUT2D eigenvalue weighted by Gasteiger charge is 2.22. The summed E-state index contributed by atoms with van der Waals surface area (Å²) in [5.41, 5.74) is 1.47. The van der Waals surface area contributed by atoms with Crippen LogP contribution in [0.25, 0.3) is 0 Å². The van der Waals surface area contributed by atoms with Crippen molar-refractivity contribution >= 4 is 36.0 Å². The predicted molar refractivity (Wildman–Crippen MR) is 130 cm³/mol. The number of aryl methyl sites for hydroxylation is 1. The Labute approximate surface area is 193 Å². The van der Waals surface area contributed by atoms with Gasteiger partial charge in [0.2, 0.25) is 0 Å². The van der Waals surface area contributed by atoms with E-state index in [2.05, 4.69) is 39.4 Å². The van der Waals surface area contributed by atoms with Crippen LogP contribution in [-0.4, -0.2) is 54.2 Å². The van der Waals surface area contributed by atoms with Crippen molar-refractivity contribution in [1.29, 1.82) is 0 Å². The van der Waals surface area contributed by atoms with Gasteiger partial charge in [-0.3, -0.25) is 9.98 Å². The lowest BCUT2D eigenvalue weighted by molar-refractivity contribution is 0.0486. The van der Waals surface area contributed by atoms with Crippen LogP contribution in [0.1, 0.15) is 52.4 Å². The quantitative estimate of drug-likeness (QED) is 0.324. The molecule has 1 amide bonds. The molecule has 1 atom stereocenters. The van der Waals surface area contributed by atoms with E-state index in [0.717, 1.165) is 30.3 Å². The minimum atomic E-state index is -0.502. The Kier molecular flexibility index (Phi) is 12.2. The zero-order chi connectivity index (χ0) is 21.3. The molecule has 1 heterocycles. The first-order valence-electron chi connectivity index (χ1n) is 9.85. The van der Waals surface area contributed by atoms with Crippen LogP contribution in [0.3, 0.4) is 0 Å². The van der Waals surface area contributed by atoms with Crippen LogP contribution in [0.4, 0.5) is 4.79 Å². The monoisotopic (exact) mass is 519 g/mol. The molecule has 0 saturated carbocycles. The summed E-state index contributed by atoms with van der Waals surface area (Å²) in [6.45, 7) is 13.1. The summed E-state index contributed by atoms with van der Waals surface area (Å²) in [6.07, 6.45) is 0.415. The van der Waals surface area contributed by atoms with Crippen molar-refractivity contribution in [2.24, 2.45) is 10.9 Å². The van der Waals surface area contributed by atoms with E-state index in [-0.39, 0.29) is 36.1 Å². The summed E-state index contributed by atoms with van der Waals surface area (Å²) in [5, 5.41) is 6.33. The van der Waals surface area contributed by atoms with Gasteiger partial charge in [0.1, 0.15) is 5.60 Å². The van der Waals surface area contributed by atoms with Gasteiger partial charge in [-0.05, 0) is 52.2 Å². The topological polar surface area (TPSA) is 78.9 Å². The number of rotatable bonds is 7. The molecule has 1 aromatic rings. The van der Waals surface area contributed by atoms with Crippen LogP contribution >= 0.6 is 24.0 Å². The van der Waals surface area contributed by atoms with Crippen LogP contribution in [0.15, 0.2) is 23.2 Å². The van der Waals surface area contributed by atoms with Gasteiger partial charge < -0.3 is 20.3 Å². The average molecular weight is 519 g/mol. The maximum Gasteiger partial charge on any atom is 0.407 e. The lowest BCUT2D eigenvalue weighted by atomic mass is 10.0. The molecule has 29 heavy (non-hydrogen) atoms. The molecular weight excluding hydrogens is 481 g/mol. The van der Waals surface area contributed by atoms with Gasteiger partial charge in [-0.2, -0.15) is 0 Å². The molecule has 1 unspecified atom stereocenters. The van der Waals surface area contributed by atoms with Crippen LogP contribution in [0, 0.1) is 12.8 Å². The van der Waals surface area contributed by atoms with Crippen LogP contribution < -0.4 is 10.6 Å². The highest BCUT2D eigenvalue weighted by atomic mass is 127. The zero-order valence-electron chi connectivity index (χ0n) is 19.1. The lowest BCUT2D eigenvalue weighted by Gasteiger charge is -2.28. The molecule has 0 aliphatic rings. The second-order valence-corrected chi connectivity index (χ2v) is 8.38. The van der Waals surface area contributed by atoms with Gasteiger partial charge in [-0.1, -0.05) is 19.9 Å². The standard InChI is InChI=1S/C21H37N5O2.HI/c1-15(2)18(25-20(27)28-21(4,5)6)12-13-26(8)19(22-7)23-14-17-11-9-10-16(3)24-17;/h9-11,15,18H,12-14H2,1-8H3,(H,22,23)(H,25,27);1H. The molecule has 0 aliphatic carbocycles. The number of guanidine groups is 1. The Morgan fingerprint density at radius 3 is 2.48 bits per heavy atom. The number of hydrogen-bond donors (Lipinski definition) is 2. The summed E-state index contributed by atoms with van der Waals surface area (Å²) in [6, 6.07) is 6.00. The van der Waals surface area contributed by atoms with Gasteiger partial charge in [0, 0.05) is 32.4 Å². The van der Waals surface area contributed by atoms with Gasteiger partial charge in [0.15, 0.2) is 5.96 Å². The van der Waals surface area contributed by atoms with E-state index in [4.69, 9.17) is 4.74 Å². The smallest absolute Gasteiger partial charge is 0.407 e. The molecule has 0 spiro atoms. The fourth-order valence-corrected chi connectivity index (χ4v) is 2.72. The molecule has 2 N–H and O–H groups in total. The predicted octanol–water partition coefficient (Wildman–Crippen LogP) is 3.95. The number of amides is 1. The van der Waals surface area contributed by atoms with Gasteiger partial charge in [0.05, 0.1) is 12.2 Å². The molecule has 166 valence electrons. The minimum Gasteiger partial charge on any atom is -0.444 e. The first-order valence-corrected chi connectivity index (χ1v) is 9.85. The number of aromatic nitrogens is 1. The highest BCUT2D eigenvalue weighted by Crippen LogP contribution is 2.11. The van der Waals surface area contributed by atoms with E-state index in [0.29, 0.717) is 12.5 Å². The molecule has 0 radical (unpaired) electrons. The number of aliphatic imine (C=N–C) groups is 1. The number of halogens is 1. The molecule has 0 aromatic carbocycles. The maximum atomic E-state index is 12.1. The summed E-state index contributed by atoms with van der Waals surface area (Å²) >= 11 is 0. The van der Waals surface area contributed by atoms with Gasteiger partial charge >= 0.3 is 6.09 Å². The number of nitrogens with one attached hydrogen (secondary N) is 2. The molecule has 1 aromatic heterocycles. The fourth-order valence-electron chi connectivity index (χ4n) is 2.72. The van der Waals surface area contributed by atoms with Gasteiger partial charge in [0.25, 0.3) is 0 Å². The fraction of sp³-hybridized carbons (Fsp3) is 0.667. The zero-order valence-corrected chi connectivity index (χ0v) is 21.4. The van der Waals surface area contributed by atoms with Crippen molar-refractivity contribution in [2.45, 2.75) is 66.2 Å². The summed E-state index contributed by atoms with van der Waals surface area (Å²) in [5.74, 6) is 1.09. The molecule has 0 aliphatic heterocycles. The number of hydrogen-bond acceptors (Lipinski definition) is 4. The van der Waals surface area contributed by atoms with Crippen LogP contribution in [0.5, 0.6) is 0 Å². The Balaban J connectivity index is 0.00000784. The molecule has 8 heteroatoms. The summed E-state index contributed by atoms with van der Waals surface area (Å²) < 4.78 is 5.38. The van der Waals surface area contributed by atoms with E-state index in [1.165, 1.54) is 0 Å². The van der Waals surface area contributed by atoms with Gasteiger partial charge in [-0.15, -0.1) is 24.0 Å². The Hall–Kier alpha value is -1.58. The van der Waals surface area contributed by atoms with E-state index < -0.39 is 5.60 Å². The molecular formula is C21H38IN5O2. The number of carbonyl (C=O) groups excluding carboxylic acids is 1. The summed E-state index contributed by atoms with van der Waals surface area (Å²) in [4.78, 5) is 23.0. The normalized spacial score (nSPS) is 12.8. The van der Waals surface area contributed by atoms with E-state index >= 15 is 0 Å². The van der Waals surface area contributed by atoms with E-state index in [1.54, 1.807) is 7.05 Å². The number of alkyl carbamates (subject to hydrolysis) is 1. The number of ether oxygens (including phenoxy) is 1. The first-order chi connectivity index (χ1) is 13.0. The summed E-state index contributed by atoms with van der Waals surface area (Å²) in [7, 11) is 3.76. The van der Waals surface area contributed by atoms with Crippen molar-refractivity contribution < 1.29 is 9.53 Å². The molecule has 1 rings (SSSR count).